The fraction of sp³-hybridized carbons (Fsp3) is 0.429. The second-order valence-corrected chi connectivity index (χ2v) is 7.13. The van der Waals surface area contributed by atoms with Crippen LogP contribution in [0.25, 0.3) is 0 Å². The molecule has 1 heterocycles. The maximum atomic E-state index is 13.2. The van der Waals surface area contributed by atoms with Crippen molar-refractivity contribution in [2.45, 2.75) is 30.6 Å². The van der Waals surface area contributed by atoms with E-state index in [9.17, 15) is 17.2 Å². The molecule has 6 heteroatoms. The van der Waals surface area contributed by atoms with Gasteiger partial charge in [-0.15, -0.1) is 0 Å². The summed E-state index contributed by atoms with van der Waals surface area (Å²) in [7, 11) is -3.73. The molecule has 0 amide bonds. The van der Waals surface area contributed by atoms with Gasteiger partial charge in [0.05, 0.1) is 4.90 Å². The summed E-state index contributed by atoms with van der Waals surface area (Å²) in [5, 5.41) is 0. The second kappa shape index (κ2) is 4.93. The van der Waals surface area contributed by atoms with Gasteiger partial charge in [-0.05, 0) is 43.9 Å². The van der Waals surface area contributed by atoms with Gasteiger partial charge in [0.15, 0.2) is 11.6 Å². The lowest BCUT2D eigenvalue weighted by Gasteiger charge is -2.27. The highest BCUT2D eigenvalue weighted by Crippen LogP contribution is 2.36. The lowest BCUT2D eigenvalue weighted by atomic mass is 10.1. The van der Waals surface area contributed by atoms with Crippen molar-refractivity contribution < 1.29 is 17.2 Å². The molecule has 2 aliphatic rings. The van der Waals surface area contributed by atoms with Crippen molar-refractivity contribution in [2.75, 3.05) is 13.1 Å². The zero-order valence-electron chi connectivity index (χ0n) is 10.9. The molecule has 0 atom stereocenters. The first-order valence-corrected chi connectivity index (χ1v) is 8.07. The number of sulfonamides is 1. The first kappa shape index (κ1) is 13.7. The summed E-state index contributed by atoms with van der Waals surface area (Å²) in [5.74, 6) is -2.17. The molecule has 2 fully saturated rings. The van der Waals surface area contributed by atoms with Crippen molar-refractivity contribution in [3.05, 3.63) is 41.0 Å². The lowest BCUT2D eigenvalue weighted by molar-refractivity contribution is 0.385. The lowest BCUT2D eigenvalue weighted by Crippen LogP contribution is -2.36. The van der Waals surface area contributed by atoms with Crippen molar-refractivity contribution in [3.8, 4) is 0 Å². The third-order valence-electron chi connectivity index (χ3n) is 3.85. The molecule has 1 saturated heterocycles. The van der Waals surface area contributed by atoms with E-state index in [1.807, 2.05) is 0 Å². The van der Waals surface area contributed by atoms with Gasteiger partial charge < -0.3 is 0 Å². The number of nitrogens with zero attached hydrogens (tertiary/aromatic N) is 1. The number of hydrogen-bond acceptors (Lipinski definition) is 2. The van der Waals surface area contributed by atoms with Crippen LogP contribution >= 0.6 is 0 Å². The van der Waals surface area contributed by atoms with Crippen LogP contribution in [0, 0.1) is 11.6 Å². The highest BCUT2D eigenvalue weighted by Gasteiger charge is 2.30. The number of allylic oxidation sites excluding steroid dienone is 1. The summed E-state index contributed by atoms with van der Waals surface area (Å²) in [6.07, 6.45) is 3.78. The van der Waals surface area contributed by atoms with Gasteiger partial charge in [-0.25, -0.2) is 17.2 Å². The molecule has 0 bridgehead atoms. The number of halogens is 2. The molecular formula is C14H15F2NO2S. The van der Waals surface area contributed by atoms with Crippen LogP contribution in [0.1, 0.15) is 25.7 Å². The van der Waals surface area contributed by atoms with E-state index >= 15 is 0 Å². The summed E-state index contributed by atoms with van der Waals surface area (Å²) in [4.78, 5) is -0.182. The smallest absolute Gasteiger partial charge is 0.207 e. The van der Waals surface area contributed by atoms with Crippen LogP contribution in [0.15, 0.2) is 34.2 Å². The summed E-state index contributed by atoms with van der Waals surface area (Å²) >= 11 is 0. The Labute approximate surface area is 117 Å². The van der Waals surface area contributed by atoms with E-state index in [1.165, 1.54) is 15.5 Å². The molecule has 3 rings (SSSR count). The summed E-state index contributed by atoms with van der Waals surface area (Å²) in [6, 6.07) is 2.71. The van der Waals surface area contributed by atoms with Crippen molar-refractivity contribution >= 4 is 10.0 Å². The molecule has 1 aliphatic carbocycles. The van der Waals surface area contributed by atoms with Gasteiger partial charge in [0, 0.05) is 13.1 Å². The van der Waals surface area contributed by atoms with Crippen LogP contribution in [0.3, 0.4) is 0 Å². The minimum atomic E-state index is -3.73. The van der Waals surface area contributed by atoms with E-state index in [-0.39, 0.29) is 4.90 Å². The fourth-order valence-corrected chi connectivity index (χ4v) is 4.01. The van der Waals surface area contributed by atoms with Gasteiger partial charge in [0.25, 0.3) is 0 Å². The standard InChI is InChI=1S/C14H15F2NO2S/c15-13-4-3-12(9-14(13)16)20(18,19)17-7-5-11(6-8-17)10-1-2-10/h3-4,9H,1-2,5-8H2. The molecule has 0 radical (unpaired) electrons. The minimum Gasteiger partial charge on any atom is -0.207 e. The number of rotatable bonds is 2. The second-order valence-electron chi connectivity index (χ2n) is 5.19. The monoisotopic (exact) mass is 299 g/mol. The van der Waals surface area contributed by atoms with Crippen molar-refractivity contribution in [3.63, 3.8) is 0 Å². The zero-order chi connectivity index (χ0) is 14.3. The largest absolute Gasteiger partial charge is 0.243 e. The van der Waals surface area contributed by atoms with Crippen LogP contribution in [0.4, 0.5) is 8.78 Å². The Morgan fingerprint density at radius 3 is 2.05 bits per heavy atom. The van der Waals surface area contributed by atoms with Gasteiger partial charge in [-0.3, -0.25) is 0 Å². The Morgan fingerprint density at radius 1 is 0.900 bits per heavy atom. The van der Waals surface area contributed by atoms with E-state index < -0.39 is 21.7 Å². The Morgan fingerprint density at radius 2 is 1.50 bits per heavy atom. The highest BCUT2D eigenvalue weighted by molar-refractivity contribution is 7.89. The average molecular weight is 299 g/mol. The van der Waals surface area contributed by atoms with Gasteiger partial charge in [-0.2, -0.15) is 4.31 Å². The molecule has 0 unspecified atom stereocenters. The molecule has 1 aromatic carbocycles. The molecular weight excluding hydrogens is 284 g/mol. The third kappa shape index (κ3) is 2.50. The van der Waals surface area contributed by atoms with Gasteiger partial charge >= 0.3 is 0 Å². The Bertz CT molecular complexity index is 666. The Hall–Kier alpha value is -1.27. The first-order valence-electron chi connectivity index (χ1n) is 6.63. The Balaban J connectivity index is 1.81. The third-order valence-corrected chi connectivity index (χ3v) is 5.75. The number of piperidine rings is 1. The van der Waals surface area contributed by atoms with Crippen molar-refractivity contribution in [1.29, 1.82) is 0 Å². The molecule has 3 nitrogen and oxygen atoms in total. The molecule has 0 spiro atoms. The molecule has 20 heavy (non-hydrogen) atoms. The molecule has 1 aliphatic heterocycles. The number of hydrogen-bond donors (Lipinski definition) is 0. The quantitative estimate of drug-likeness (QED) is 0.788. The zero-order valence-corrected chi connectivity index (χ0v) is 11.7. The van der Waals surface area contributed by atoms with E-state index in [2.05, 4.69) is 0 Å². The number of benzene rings is 1. The maximum Gasteiger partial charge on any atom is 0.243 e. The van der Waals surface area contributed by atoms with Crippen LogP contribution in [0.5, 0.6) is 0 Å². The van der Waals surface area contributed by atoms with Crippen LogP contribution < -0.4 is 0 Å². The Kier molecular flexibility index (Phi) is 3.38. The predicted molar refractivity (Wildman–Crippen MR) is 70.6 cm³/mol. The highest BCUT2D eigenvalue weighted by atomic mass is 32.2. The molecule has 0 N–H and O–H groups in total. The van der Waals surface area contributed by atoms with E-state index in [1.54, 1.807) is 0 Å². The van der Waals surface area contributed by atoms with Gasteiger partial charge in [-0.1, -0.05) is 11.1 Å². The molecule has 1 aromatic rings. The van der Waals surface area contributed by atoms with Crippen LogP contribution in [0.2, 0.25) is 0 Å². The predicted octanol–water partition coefficient (Wildman–Crippen LogP) is 2.84. The summed E-state index contributed by atoms with van der Waals surface area (Å²) in [5.41, 5.74) is 2.84. The van der Waals surface area contributed by atoms with E-state index in [4.69, 9.17) is 0 Å². The molecule has 0 aromatic heterocycles. The topological polar surface area (TPSA) is 37.4 Å². The maximum absolute atomic E-state index is 13.2. The minimum absolute atomic E-state index is 0.182. The average Bonchev–Trinajstić information content (AvgIpc) is 3.26. The van der Waals surface area contributed by atoms with Crippen molar-refractivity contribution in [2.24, 2.45) is 0 Å². The van der Waals surface area contributed by atoms with Crippen molar-refractivity contribution in [1.82, 2.24) is 4.31 Å². The summed E-state index contributed by atoms with van der Waals surface area (Å²) in [6.45, 7) is 0.834. The van der Waals surface area contributed by atoms with E-state index in [0.29, 0.717) is 13.1 Å². The van der Waals surface area contributed by atoms with Crippen LogP contribution in [-0.2, 0) is 10.0 Å². The first-order chi connectivity index (χ1) is 9.48. The van der Waals surface area contributed by atoms with Gasteiger partial charge in [0.1, 0.15) is 0 Å². The molecule has 1 saturated carbocycles. The SMILES string of the molecule is O=S(=O)(c1ccc(F)c(F)c1)N1CCC(=C2CC2)CC1. The van der Waals surface area contributed by atoms with Gasteiger partial charge in [0.2, 0.25) is 10.0 Å². The van der Waals surface area contributed by atoms with Crippen LogP contribution in [-0.4, -0.2) is 25.8 Å². The molecule has 108 valence electrons. The van der Waals surface area contributed by atoms with E-state index in [0.717, 1.165) is 43.9 Å². The fourth-order valence-electron chi connectivity index (χ4n) is 2.55. The summed E-state index contributed by atoms with van der Waals surface area (Å²) < 4.78 is 52.2. The normalized spacial score (nSPS) is 20.3.